The maximum Gasteiger partial charge on any atom is 0.247 e. The summed E-state index contributed by atoms with van der Waals surface area (Å²) in [6, 6.07) is 32.2. The fourth-order valence-corrected chi connectivity index (χ4v) is 11.7. The summed E-state index contributed by atoms with van der Waals surface area (Å²) in [5, 5.41) is 0. The van der Waals surface area contributed by atoms with Gasteiger partial charge in [0.2, 0.25) is 13.4 Å². The van der Waals surface area contributed by atoms with Crippen LogP contribution in [0.4, 0.5) is 22.7 Å². The van der Waals surface area contributed by atoms with E-state index in [9.17, 15) is 0 Å². The van der Waals surface area contributed by atoms with Gasteiger partial charge in [-0.15, -0.1) is 0 Å². The van der Waals surface area contributed by atoms with Crippen molar-refractivity contribution < 1.29 is 0 Å². The monoisotopic (exact) mass is 700 g/mol. The molecule has 5 aromatic carbocycles. The smallest absolute Gasteiger partial charge is 0.247 e. The number of para-hydroxylation sites is 1. The van der Waals surface area contributed by atoms with Crippen molar-refractivity contribution in [2.24, 2.45) is 0 Å². The number of anilines is 4. The Morgan fingerprint density at radius 2 is 1.07 bits per heavy atom. The summed E-state index contributed by atoms with van der Waals surface area (Å²) in [4.78, 5) is 5.49. The fraction of sp³-hybridized carbons (Fsp3) is 0.320. The Balaban J connectivity index is 1.23. The van der Waals surface area contributed by atoms with Gasteiger partial charge in [0.15, 0.2) is 0 Å². The molecular formula is C50H50B2N2. The molecule has 3 aliphatic heterocycles. The Morgan fingerprint density at radius 1 is 0.537 bits per heavy atom. The molecule has 0 saturated heterocycles. The van der Waals surface area contributed by atoms with Crippen molar-refractivity contribution in [3.8, 4) is 0 Å². The van der Waals surface area contributed by atoms with E-state index < -0.39 is 0 Å². The van der Waals surface area contributed by atoms with Crippen molar-refractivity contribution in [2.75, 3.05) is 9.80 Å². The van der Waals surface area contributed by atoms with Crippen LogP contribution >= 0.6 is 0 Å². The molecule has 6 aliphatic rings. The largest absolute Gasteiger partial charge is 0.308 e. The summed E-state index contributed by atoms with van der Waals surface area (Å²) in [7, 11) is 0. The number of fused-ring (bicyclic) bond motifs is 6. The number of hydrogen-bond donors (Lipinski definition) is 0. The van der Waals surface area contributed by atoms with E-state index in [4.69, 9.17) is 0 Å². The van der Waals surface area contributed by atoms with E-state index in [2.05, 4.69) is 136 Å². The number of allylic oxidation sites excluding steroid dienone is 2. The molecule has 266 valence electrons. The Bertz CT molecular complexity index is 2470. The quantitative estimate of drug-likeness (QED) is 0.173. The lowest BCUT2D eigenvalue weighted by atomic mass is 9.32. The lowest BCUT2D eigenvalue weighted by molar-refractivity contribution is 0.420. The van der Waals surface area contributed by atoms with Gasteiger partial charge in [-0.3, -0.25) is 0 Å². The Kier molecular flexibility index (Phi) is 7.21. The minimum Gasteiger partial charge on any atom is -0.308 e. The van der Waals surface area contributed by atoms with Gasteiger partial charge < -0.3 is 9.80 Å². The standard InChI is InChI=1S/C50H50B2N2/c1-29-23-31(3)47(32(4)24-29)51-39-21-19-37(35-11-7-12-35)27-45(39)53-44-18-10-16-42-50(44)54(43-17-9-15-41(51)49(43)53)46-28-38(36-13-8-14-36)20-22-40(46)52(42)48-33(5)25-30(2)26-34(48)6/h9,15,17-28,35-36H,7-8,10-14,16H2,1-6H3. The van der Waals surface area contributed by atoms with Crippen molar-refractivity contribution in [1.82, 2.24) is 0 Å². The normalized spacial score (nSPS) is 18.4. The van der Waals surface area contributed by atoms with Crippen LogP contribution in [0.3, 0.4) is 0 Å². The highest BCUT2D eigenvalue weighted by Gasteiger charge is 2.49. The third kappa shape index (κ3) is 4.55. The summed E-state index contributed by atoms with van der Waals surface area (Å²) in [5.74, 6) is 1.35. The first-order chi connectivity index (χ1) is 26.3. The molecule has 4 heteroatoms. The average molecular weight is 701 g/mol. The summed E-state index contributed by atoms with van der Waals surface area (Å²) in [6.45, 7) is 14.3. The summed E-state index contributed by atoms with van der Waals surface area (Å²) in [6.07, 6.45) is 12.7. The van der Waals surface area contributed by atoms with Gasteiger partial charge in [0.05, 0.1) is 22.8 Å². The maximum absolute atomic E-state index is 2.75. The first-order valence-corrected chi connectivity index (χ1v) is 20.9. The molecule has 3 heterocycles. The number of hydrogen-bond acceptors (Lipinski definition) is 2. The van der Waals surface area contributed by atoms with E-state index in [1.54, 1.807) is 5.47 Å². The molecule has 0 amide bonds. The van der Waals surface area contributed by atoms with Crippen LogP contribution in [0, 0.1) is 41.5 Å². The Hall–Kier alpha value is -4.69. The second-order valence-corrected chi connectivity index (χ2v) is 17.8. The fourth-order valence-electron chi connectivity index (χ4n) is 11.7. The predicted molar refractivity (Wildman–Crippen MR) is 232 cm³/mol. The molecule has 3 aliphatic carbocycles. The summed E-state index contributed by atoms with van der Waals surface area (Å²) >= 11 is 0. The summed E-state index contributed by atoms with van der Waals surface area (Å²) in [5.41, 5.74) is 28.7. The van der Waals surface area contributed by atoms with E-state index in [0.29, 0.717) is 11.8 Å². The van der Waals surface area contributed by atoms with Crippen molar-refractivity contribution in [3.05, 3.63) is 146 Å². The van der Waals surface area contributed by atoms with Crippen LogP contribution < -0.4 is 37.1 Å². The van der Waals surface area contributed by atoms with Gasteiger partial charge in [0, 0.05) is 11.4 Å². The lowest BCUT2D eigenvalue weighted by Gasteiger charge is -2.52. The zero-order chi connectivity index (χ0) is 36.6. The average Bonchev–Trinajstić information content (AvgIpc) is 3.09. The molecule has 2 saturated carbocycles. The molecule has 0 atom stereocenters. The molecule has 0 aromatic heterocycles. The van der Waals surface area contributed by atoms with E-state index in [1.807, 2.05) is 0 Å². The van der Waals surface area contributed by atoms with Crippen molar-refractivity contribution in [2.45, 2.75) is 105 Å². The van der Waals surface area contributed by atoms with Gasteiger partial charge in [-0.1, -0.05) is 129 Å². The second-order valence-electron chi connectivity index (χ2n) is 17.8. The zero-order valence-corrected chi connectivity index (χ0v) is 32.9. The van der Waals surface area contributed by atoms with Crippen LogP contribution in [0.5, 0.6) is 0 Å². The lowest BCUT2D eigenvalue weighted by Crippen LogP contribution is -2.61. The van der Waals surface area contributed by atoms with Gasteiger partial charge in [0.25, 0.3) is 0 Å². The maximum atomic E-state index is 2.75. The Morgan fingerprint density at radius 3 is 1.63 bits per heavy atom. The minimum atomic E-state index is 0.174. The number of benzene rings is 5. The molecule has 0 radical (unpaired) electrons. The molecule has 0 N–H and O–H groups in total. The molecule has 11 rings (SSSR count). The molecule has 5 aromatic rings. The Labute approximate surface area is 323 Å². The topological polar surface area (TPSA) is 6.48 Å². The minimum absolute atomic E-state index is 0.174. The number of aryl methyl sites for hydroxylation is 6. The molecule has 0 spiro atoms. The second kappa shape index (κ2) is 11.9. The molecule has 0 unspecified atom stereocenters. The third-order valence-electron chi connectivity index (χ3n) is 14.4. The number of rotatable bonds is 4. The van der Waals surface area contributed by atoms with Gasteiger partial charge in [-0.25, -0.2) is 0 Å². The number of nitrogens with zero attached hydrogens (tertiary/aromatic N) is 2. The first-order valence-electron chi connectivity index (χ1n) is 20.9. The van der Waals surface area contributed by atoms with Crippen molar-refractivity contribution in [1.29, 1.82) is 0 Å². The summed E-state index contributed by atoms with van der Waals surface area (Å²) < 4.78 is 0. The van der Waals surface area contributed by atoms with Crippen LogP contribution in [0.15, 0.2) is 102 Å². The van der Waals surface area contributed by atoms with Crippen LogP contribution in [0.25, 0.3) is 0 Å². The van der Waals surface area contributed by atoms with Gasteiger partial charge >= 0.3 is 0 Å². The van der Waals surface area contributed by atoms with E-state index >= 15 is 0 Å². The molecule has 0 bridgehead atoms. The molecule has 2 nitrogen and oxygen atoms in total. The van der Waals surface area contributed by atoms with Crippen molar-refractivity contribution in [3.63, 3.8) is 0 Å². The van der Waals surface area contributed by atoms with E-state index in [1.165, 1.54) is 144 Å². The van der Waals surface area contributed by atoms with Crippen LogP contribution in [0.1, 0.15) is 108 Å². The van der Waals surface area contributed by atoms with Crippen LogP contribution in [-0.4, -0.2) is 13.4 Å². The first kappa shape index (κ1) is 32.7. The van der Waals surface area contributed by atoms with E-state index in [0.717, 1.165) is 12.8 Å². The highest BCUT2D eigenvalue weighted by atomic mass is 15.3. The predicted octanol–water partition coefficient (Wildman–Crippen LogP) is 9.29. The van der Waals surface area contributed by atoms with E-state index in [-0.39, 0.29) is 13.4 Å². The van der Waals surface area contributed by atoms with Crippen LogP contribution in [0.2, 0.25) is 0 Å². The highest BCUT2D eigenvalue weighted by molar-refractivity contribution is 6.98. The zero-order valence-electron chi connectivity index (χ0n) is 32.9. The van der Waals surface area contributed by atoms with Gasteiger partial charge in [0.1, 0.15) is 0 Å². The third-order valence-corrected chi connectivity index (χ3v) is 14.4. The van der Waals surface area contributed by atoms with Crippen molar-refractivity contribution >= 4 is 63.5 Å². The molecule has 54 heavy (non-hydrogen) atoms. The molecule has 2 fully saturated rings. The SMILES string of the molecule is Cc1cc(C)c(B2C3=C4C(=CCC3)N3c5cc(C6CCC6)ccc5B(c5c(C)cc(C)cc5C)c5cccc(c53)N4c3cc(C4CCC4)ccc32)c(C)c1. The highest BCUT2D eigenvalue weighted by Crippen LogP contribution is 2.54. The van der Waals surface area contributed by atoms with Crippen LogP contribution in [-0.2, 0) is 0 Å². The molecular weight excluding hydrogens is 650 g/mol. The van der Waals surface area contributed by atoms with Gasteiger partial charge in [-0.05, 0) is 138 Å². The van der Waals surface area contributed by atoms with Gasteiger partial charge in [-0.2, -0.15) is 0 Å².